The molecule has 0 heterocycles. The molecule has 0 aromatic heterocycles. The van der Waals surface area contributed by atoms with Crippen LogP contribution in [0, 0.1) is 5.92 Å². The maximum atomic E-state index is 10.4. The van der Waals surface area contributed by atoms with Gasteiger partial charge in [0.2, 0.25) is 0 Å². The maximum Gasteiger partial charge on any atom is 0.191 e. The highest BCUT2D eigenvalue weighted by atomic mass is 16.3. The minimum atomic E-state index is -0.571. The van der Waals surface area contributed by atoms with E-state index in [0.29, 0.717) is 12.5 Å². The molecule has 1 aliphatic carbocycles. The largest absolute Gasteiger partial charge is 0.388 e. The van der Waals surface area contributed by atoms with Gasteiger partial charge in [-0.1, -0.05) is 33.1 Å². The number of nitrogens with zero attached hydrogens (tertiary/aromatic N) is 1. The van der Waals surface area contributed by atoms with E-state index in [1.54, 1.807) is 0 Å². The van der Waals surface area contributed by atoms with Crippen LogP contribution in [0.3, 0.4) is 0 Å². The standard InChI is InChI=1S/C15H31N3O/c1-4-16-14(17-11-8-13(2)3)18-12-15(19)9-6-5-7-10-15/h13,19H,4-12H2,1-3H3,(H2,16,17,18). The Hall–Kier alpha value is -0.770. The van der Waals surface area contributed by atoms with Crippen molar-refractivity contribution in [3.63, 3.8) is 0 Å². The van der Waals surface area contributed by atoms with E-state index < -0.39 is 5.60 Å². The van der Waals surface area contributed by atoms with Crippen molar-refractivity contribution in [2.45, 2.75) is 64.9 Å². The molecule has 3 N–H and O–H groups in total. The van der Waals surface area contributed by atoms with Gasteiger partial charge in [0, 0.05) is 13.1 Å². The first kappa shape index (κ1) is 16.3. The van der Waals surface area contributed by atoms with E-state index in [4.69, 9.17) is 0 Å². The number of nitrogens with one attached hydrogen (secondary N) is 2. The van der Waals surface area contributed by atoms with Crippen LogP contribution >= 0.6 is 0 Å². The predicted octanol–water partition coefficient (Wildman–Crippen LogP) is 2.28. The van der Waals surface area contributed by atoms with Crippen LogP contribution in [0.4, 0.5) is 0 Å². The van der Waals surface area contributed by atoms with E-state index >= 15 is 0 Å². The second-order valence-electron chi connectivity index (χ2n) is 6.09. The Morgan fingerprint density at radius 2 is 1.89 bits per heavy atom. The van der Waals surface area contributed by atoms with Gasteiger partial charge in [-0.3, -0.25) is 4.99 Å². The molecule has 0 radical (unpaired) electrons. The molecule has 19 heavy (non-hydrogen) atoms. The molecule has 4 heteroatoms. The van der Waals surface area contributed by atoms with Crippen molar-refractivity contribution in [2.75, 3.05) is 19.6 Å². The lowest BCUT2D eigenvalue weighted by atomic mass is 9.85. The molecule has 0 aliphatic heterocycles. The third-order valence-corrected chi connectivity index (χ3v) is 3.67. The molecule has 0 aromatic carbocycles. The lowest BCUT2D eigenvalue weighted by Gasteiger charge is -2.30. The van der Waals surface area contributed by atoms with Crippen LogP contribution in [-0.2, 0) is 0 Å². The predicted molar refractivity (Wildman–Crippen MR) is 81.5 cm³/mol. The Bertz CT molecular complexity index is 271. The number of aliphatic imine (C=N–C) groups is 1. The fraction of sp³-hybridized carbons (Fsp3) is 0.933. The van der Waals surface area contributed by atoms with Gasteiger partial charge in [0.1, 0.15) is 0 Å². The molecular formula is C15H31N3O. The van der Waals surface area contributed by atoms with Crippen LogP contribution in [0.25, 0.3) is 0 Å². The summed E-state index contributed by atoms with van der Waals surface area (Å²) >= 11 is 0. The average Bonchev–Trinajstić information content (AvgIpc) is 2.36. The fourth-order valence-electron chi connectivity index (χ4n) is 2.42. The van der Waals surface area contributed by atoms with Crippen molar-refractivity contribution in [3.05, 3.63) is 0 Å². The quantitative estimate of drug-likeness (QED) is 0.512. The number of rotatable bonds is 6. The first-order valence-corrected chi connectivity index (χ1v) is 7.80. The van der Waals surface area contributed by atoms with E-state index in [2.05, 4.69) is 36.4 Å². The van der Waals surface area contributed by atoms with Gasteiger partial charge in [-0.2, -0.15) is 0 Å². The topological polar surface area (TPSA) is 56.7 Å². The molecule has 1 fully saturated rings. The van der Waals surface area contributed by atoms with Crippen LogP contribution in [-0.4, -0.2) is 36.3 Å². The van der Waals surface area contributed by atoms with Crippen LogP contribution in [0.15, 0.2) is 4.99 Å². The molecule has 0 unspecified atom stereocenters. The van der Waals surface area contributed by atoms with Gasteiger partial charge in [0.15, 0.2) is 5.96 Å². The Morgan fingerprint density at radius 3 is 2.47 bits per heavy atom. The Morgan fingerprint density at radius 1 is 1.21 bits per heavy atom. The summed E-state index contributed by atoms with van der Waals surface area (Å²) in [7, 11) is 0. The molecule has 0 spiro atoms. The third-order valence-electron chi connectivity index (χ3n) is 3.67. The van der Waals surface area contributed by atoms with E-state index in [9.17, 15) is 5.11 Å². The summed E-state index contributed by atoms with van der Waals surface area (Å²) < 4.78 is 0. The maximum absolute atomic E-state index is 10.4. The highest BCUT2D eigenvalue weighted by Crippen LogP contribution is 2.28. The summed E-state index contributed by atoms with van der Waals surface area (Å²) in [5, 5.41) is 17.0. The second kappa shape index (κ2) is 8.41. The lowest BCUT2D eigenvalue weighted by molar-refractivity contribution is 0.0131. The van der Waals surface area contributed by atoms with Gasteiger partial charge in [0.25, 0.3) is 0 Å². The fourth-order valence-corrected chi connectivity index (χ4v) is 2.42. The molecule has 1 saturated carbocycles. The van der Waals surface area contributed by atoms with Crippen molar-refractivity contribution in [3.8, 4) is 0 Å². The minimum Gasteiger partial charge on any atom is -0.388 e. The molecular weight excluding hydrogens is 238 g/mol. The Labute approximate surface area is 118 Å². The highest BCUT2D eigenvalue weighted by molar-refractivity contribution is 5.79. The molecule has 1 aliphatic rings. The molecule has 0 amide bonds. The zero-order valence-corrected chi connectivity index (χ0v) is 12.8. The van der Waals surface area contributed by atoms with Crippen LogP contribution in [0.1, 0.15) is 59.3 Å². The van der Waals surface area contributed by atoms with E-state index in [0.717, 1.165) is 51.2 Å². The van der Waals surface area contributed by atoms with Crippen molar-refractivity contribution in [2.24, 2.45) is 10.9 Å². The van der Waals surface area contributed by atoms with Crippen LogP contribution < -0.4 is 10.6 Å². The SMILES string of the molecule is CCNC(=NCC1(O)CCCCC1)NCCC(C)C. The van der Waals surface area contributed by atoms with Gasteiger partial charge >= 0.3 is 0 Å². The van der Waals surface area contributed by atoms with Crippen LogP contribution in [0.2, 0.25) is 0 Å². The van der Waals surface area contributed by atoms with Gasteiger partial charge in [-0.05, 0) is 32.1 Å². The van der Waals surface area contributed by atoms with Gasteiger partial charge in [0.05, 0.1) is 12.1 Å². The minimum absolute atomic E-state index is 0.518. The number of guanidine groups is 1. The summed E-state index contributed by atoms with van der Waals surface area (Å²) in [5.74, 6) is 1.53. The van der Waals surface area contributed by atoms with Gasteiger partial charge in [-0.25, -0.2) is 0 Å². The normalized spacial score (nSPS) is 19.5. The molecule has 112 valence electrons. The molecule has 0 atom stereocenters. The molecule has 1 rings (SSSR count). The van der Waals surface area contributed by atoms with Gasteiger partial charge in [-0.15, -0.1) is 0 Å². The van der Waals surface area contributed by atoms with Crippen molar-refractivity contribution in [1.82, 2.24) is 10.6 Å². The summed E-state index contributed by atoms with van der Waals surface area (Å²) in [6.45, 7) is 8.81. The van der Waals surface area contributed by atoms with E-state index in [1.807, 2.05) is 0 Å². The smallest absolute Gasteiger partial charge is 0.191 e. The number of aliphatic hydroxyl groups is 1. The molecule has 0 bridgehead atoms. The molecule has 4 nitrogen and oxygen atoms in total. The van der Waals surface area contributed by atoms with Gasteiger partial charge < -0.3 is 15.7 Å². The third kappa shape index (κ3) is 6.81. The number of hydrogen-bond acceptors (Lipinski definition) is 2. The van der Waals surface area contributed by atoms with Crippen LogP contribution in [0.5, 0.6) is 0 Å². The van der Waals surface area contributed by atoms with Crippen molar-refractivity contribution >= 4 is 5.96 Å². The summed E-state index contributed by atoms with van der Waals surface area (Å²) in [5.41, 5.74) is -0.571. The zero-order valence-electron chi connectivity index (χ0n) is 12.8. The van der Waals surface area contributed by atoms with Crippen molar-refractivity contribution < 1.29 is 5.11 Å². The van der Waals surface area contributed by atoms with E-state index in [-0.39, 0.29) is 0 Å². The lowest BCUT2D eigenvalue weighted by Crippen LogP contribution is -2.41. The summed E-state index contributed by atoms with van der Waals surface area (Å²) in [6, 6.07) is 0. The molecule has 0 aromatic rings. The van der Waals surface area contributed by atoms with Crippen molar-refractivity contribution in [1.29, 1.82) is 0 Å². The first-order chi connectivity index (χ1) is 9.06. The summed E-state index contributed by atoms with van der Waals surface area (Å²) in [6.07, 6.45) is 6.42. The highest BCUT2D eigenvalue weighted by Gasteiger charge is 2.28. The average molecular weight is 269 g/mol. The Balaban J connectivity index is 2.42. The second-order valence-corrected chi connectivity index (χ2v) is 6.09. The van der Waals surface area contributed by atoms with E-state index in [1.165, 1.54) is 6.42 Å². The summed E-state index contributed by atoms with van der Waals surface area (Å²) in [4.78, 5) is 4.55. The molecule has 0 saturated heterocycles. The zero-order chi connectivity index (χ0) is 14.1. The first-order valence-electron chi connectivity index (χ1n) is 7.80. The Kier molecular flexibility index (Phi) is 7.21. The number of hydrogen-bond donors (Lipinski definition) is 3. The monoisotopic (exact) mass is 269 g/mol.